The molecule has 0 aliphatic rings. The number of amides is 1. The van der Waals surface area contributed by atoms with E-state index in [2.05, 4.69) is 5.32 Å². The van der Waals surface area contributed by atoms with Gasteiger partial charge < -0.3 is 10.1 Å². The summed E-state index contributed by atoms with van der Waals surface area (Å²) >= 11 is 0. The molecule has 3 aromatic rings. The molecule has 3 aromatic carbocycles. The second kappa shape index (κ2) is 6.48. The van der Waals surface area contributed by atoms with E-state index in [1.54, 1.807) is 18.2 Å². The lowest BCUT2D eigenvalue weighted by Crippen LogP contribution is -2.23. The van der Waals surface area contributed by atoms with Crippen molar-refractivity contribution in [1.29, 1.82) is 0 Å². The van der Waals surface area contributed by atoms with E-state index in [0.29, 0.717) is 16.9 Å². The summed E-state index contributed by atoms with van der Waals surface area (Å²) in [4.78, 5) is 12.4. The number of methoxy groups -OCH3 is 1. The maximum atomic E-state index is 13.2. The Hall–Kier alpha value is -2.88. The Balaban J connectivity index is 1.85. The average Bonchev–Trinajstić information content (AvgIpc) is 2.58. The van der Waals surface area contributed by atoms with Gasteiger partial charge in [0.15, 0.2) is 0 Å². The fourth-order valence-electron chi connectivity index (χ4n) is 2.49. The van der Waals surface area contributed by atoms with Gasteiger partial charge in [-0.2, -0.15) is 0 Å². The maximum absolute atomic E-state index is 13.2. The first-order chi connectivity index (χ1) is 11.2. The van der Waals surface area contributed by atoms with E-state index in [4.69, 9.17) is 4.74 Å². The van der Waals surface area contributed by atoms with Gasteiger partial charge in [0, 0.05) is 6.54 Å². The Labute approximate surface area is 133 Å². The third-order valence-electron chi connectivity index (χ3n) is 3.65. The van der Waals surface area contributed by atoms with Gasteiger partial charge in [0.2, 0.25) is 0 Å². The van der Waals surface area contributed by atoms with Crippen LogP contribution in [0.15, 0.2) is 60.7 Å². The number of hydrogen-bond acceptors (Lipinski definition) is 2. The predicted octanol–water partition coefficient (Wildman–Crippen LogP) is 3.92. The fourth-order valence-corrected chi connectivity index (χ4v) is 2.49. The van der Waals surface area contributed by atoms with Crippen LogP contribution in [0.25, 0.3) is 10.8 Å². The summed E-state index contributed by atoms with van der Waals surface area (Å²) in [7, 11) is 1.54. The molecule has 0 bridgehead atoms. The van der Waals surface area contributed by atoms with Crippen molar-refractivity contribution in [2.45, 2.75) is 6.54 Å². The van der Waals surface area contributed by atoms with Crippen LogP contribution in [0.5, 0.6) is 5.75 Å². The maximum Gasteiger partial charge on any atom is 0.255 e. The number of halogens is 1. The normalized spacial score (nSPS) is 10.5. The molecule has 116 valence electrons. The third kappa shape index (κ3) is 3.31. The van der Waals surface area contributed by atoms with Crippen molar-refractivity contribution in [3.8, 4) is 5.75 Å². The summed E-state index contributed by atoms with van der Waals surface area (Å²) in [6.45, 7) is 0.257. The van der Waals surface area contributed by atoms with E-state index < -0.39 is 0 Å². The minimum absolute atomic E-state index is 0.253. The van der Waals surface area contributed by atoms with Crippen LogP contribution in [0.1, 0.15) is 15.9 Å². The summed E-state index contributed by atoms with van der Waals surface area (Å²) in [5.41, 5.74) is 1.17. The zero-order chi connectivity index (χ0) is 16.2. The van der Waals surface area contributed by atoms with E-state index in [0.717, 1.165) is 10.8 Å². The summed E-state index contributed by atoms with van der Waals surface area (Å²) < 4.78 is 18.5. The van der Waals surface area contributed by atoms with E-state index in [1.165, 1.54) is 19.2 Å². The zero-order valence-electron chi connectivity index (χ0n) is 12.7. The molecule has 3 rings (SSSR count). The Bertz CT molecular complexity index is 861. The number of hydrogen-bond donors (Lipinski definition) is 1. The molecule has 3 nitrogen and oxygen atoms in total. The van der Waals surface area contributed by atoms with Crippen LogP contribution in [0, 0.1) is 5.82 Å². The molecule has 23 heavy (non-hydrogen) atoms. The van der Waals surface area contributed by atoms with Crippen molar-refractivity contribution in [2.75, 3.05) is 7.11 Å². The quantitative estimate of drug-likeness (QED) is 0.793. The summed E-state index contributed by atoms with van der Waals surface area (Å²) in [6.07, 6.45) is 0. The molecule has 1 N–H and O–H groups in total. The number of nitrogens with one attached hydrogen (secondary N) is 1. The van der Waals surface area contributed by atoms with Crippen molar-refractivity contribution in [1.82, 2.24) is 5.32 Å². The lowest BCUT2D eigenvalue weighted by molar-refractivity contribution is 0.0948. The molecule has 0 aliphatic heterocycles. The van der Waals surface area contributed by atoms with Gasteiger partial charge in [-0.1, -0.05) is 36.4 Å². The van der Waals surface area contributed by atoms with Gasteiger partial charge in [-0.05, 0) is 40.6 Å². The number of fused-ring (bicyclic) bond motifs is 1. The van der Waals surface area contributed by atoms with Gasteiger partial charge >= 0.3 is 0 Å². The van der Waals surface area contributed by atoms with E-state index in [1.807, 2.05) is 30.3 Å². The van der Waals surface area contributed by atoms with Gasteiger partial charge in [-0.15, -0.1) is 0 Å². The van der Waals surface area contributed by atoms with Crippen LogP contribution in [0.2, 0.25) is 0 Å². The van der Waals surface area contributed by atoms with Crippen molar-refractivity contribution in [3.63, 3.8) is 0 Å². The second-order valence-electron chi connectivity index (χ2n) is 5.21. The van der Waals surface area contributed by atoms with Crippen LogP contribution < -0.4 is 10.1 Å². The van der Waals surface area contributed by atoms with E-state index >= 15 is 0 Å². The van der Waals surface area contributed by atoms with E-state index in [9.17, 15) is 9.18 Å². The molecule has 0 heterocycles. The molecule has 0 saturated heterocycles. The summed E-state index contributed by atoms with van der Waals surface area (Å²) in [6, 6.07) is 17.6. The molecule has 1 amide bonds. The molecule has 0 saturated carbocycles. The van der Waals surface area contributed by atoms with Crippen LogP contribution >= 0.6 is 0 Å². The number of carbonyl (C=O) groups is 1. The summed E-state index contributed by atoms with van der Waals surface area (Å²) in [5.74, 6) is -0.0580. The zero-order valence-corrected chi connectivity index (χ0v) is 12.7. The highest BCUT2D eigenvalue weighted by Gasteiger charge is 2.13. The van der Waals surface area contributed by atoms with Crippen LogP contribution in [-0.2, 0) is 6.54 Å². The largest absolute Gasteiger partial charge is 0.496 e. The molecule has 0 unspecified atom stereocenters. The Morgan fingerprint density at radius 3 is 2.48 bits per heavy atom. The molecule has 4 heteroatoms. The minimum Gasteiger partial charge on any atom is -0.496 e. The Kier molecular flexibility index (Phi) is 4.24. The highest BCUT2D eigenvalue weighted by Crippen LogP contribution is 2.25. The molecule has 0 aliphatic carbocycles. The molecular formula is C19H16FNO2. The van der Waals surface area contributed by atoms with Gasteiger partial charge in [0.05, 0.1) is 12.7 Å². The Morgan fingerprint density at radius 2 is 1.78 bits per heavy atom. The van der Waals surface area contributed by atoms with Gasteiger partial charge in [0.25, 0.3) is 5.91 Å². The highest BCUT2D eigenvalue weighted by atomic mass is 19.1. The van der Waals surface area contributed by atoms with Crippen molar-refractivity contribution >= 4 is 16.7 Å². The SMILES string of the molecule is COc1cc2ccccc2cc1C(=O)NCc1cccc(F)c1. The Morgan fingerprint density at radius 1 is 1.04 bits per heavy atom. The van der Waals surface area contributed by atoms with Crippen molar-refractivity contribution in [2.24, 2.45) is 0 Å². The fraction of sp³-hybridized carbons (Fsp3) is 0.105. The monoisotopic (exact) mass is 309 g/mol. The standard InChI is InChI=1S/C19H16FNO2/c1-23-18-11-15-7-3-2-6-14(15)10-17(18)19(22)21-12-13-5-4-8-16(20)9-13/h2-11H,12H2,1H3,(H,21,22). The highest BCUT2D eigenvalue weighted by molar-refractivity contribution is 6.01. The molecule has 0 aromatic heterocycles. The third-order valence-corrected chi connectivity index (χ3v) is 3.65. The van der Waals surface area contributed by atoms with E-state index in [-0.39, 0.29) is 18.3 Å². The van der Waals surface area contributed by atoms with Crippen molar-refractivity contribution in [3.05, 3.63) is 77.6 Å². The van der Waals surface area contributed by atoms with Gasteiger partial charge in [0.1, 0.15) is 11.6 Å². The topological polar surface area (TPSA) is 38.3 Å². The lowest BCUT2D eigenvalue weighted by atomic mass is 10.1. The number of carbonyl (C=O) groups excluding carboxylic acids is 1. The minimum atomic E-state index is -0.319. The molecule has 0 spiro atoms. The first kappa shape index (κ1) is 15.0. The average molecular weight is 309 g/mol. The summed E-state index contributed by atoms with van der Waals surface area (Å²) in [5, 5.41) is 4.76. The van der Waals surface area contributed by atoms with Crippen LogP contribution in [0.3, 0.4) is 0 Å². The van der Waals surface area contributed by atoms with Gasteiger partial charge in [-0.3, -0.25) is 4.79 Å². The first-order valence-corrected chi connectivity index (χ1v) is 7.27. The smallest absolute Gasteiger partial charge is 0.255 e. The molecule has 0 radical (unpaired) electrons. The first-order valence-electron chi connectivity index (χ1n) is 7.27. The molecule has 0 fully saturated rings. The second-order valence-corrected chi connectivity index (χ2v) is 5.21. The number of benzene rings is 3. The predicted molar refractivity (Wildman–Crippen MR) is 88.1 cm³/mol. The van der Waals surface area contributed by atoms with Crippen LogP contribution in [-0.4, -0.2) is 13.0 Å². The van der Waals surface area contributed by atoms with Crippen LogP contribution in [0.4, 0.5) is 4.39 Å². The number of rotatable bonds is 4. The number of ether oxygens (including phenoxy) is 1. The lowest BCUT2D eigenvalue weighted by Gasteiger charge is -2.11. The molecule has 0 atom stereocenters. The molecular weight excluding hydrogens is 293 g/mol. The van der Waals surface area contributed by atoms with Crippen molar-refractivity contribution < 1.29 is 13.9 Å². The van der Waals surface area contributed by atoms with Gasteiger partial charge in [-0.25, -0.2) is 4.39 Å².